The second-order valence-corrected chi connectivity index (χ2v) is 10.2. The van der Waals surface area contributed by atoms with E-state index in [4.69, 9.17) is 4.74 Å². The molecule has 0 aromatic heterocycles. The number of carbonyl (C=O) groups is 1. The summed E-state index contributed by atoms with van der Waals surface area (Å²) < 4.78 is 19.4. The monoisotopic (exact) mass is 493 g/mol. The zero-order valence-electron chi connectivity index (χ0n) is 21.4. The van der Waals surface area contributed by atoms with Gasteiger partial charge in [0.25, 0.3) is 0 Å². The van der Waals surface area contributed by atoms with Crippen LogP contribution in [0.15, 0.2) is 47.7 Å². The number of rotatable bonds is 5. The van der Waals surface area contributed by atoms with Crippen molar-refractivity contribution in [2.45, 2.75) is 51.7 Å². The van der Waals surface area contributed by atoms with E-state index in [0.717, 1.165) is 55.7 Å². The van der Waals surface area contributed by atoms with Crippen LogP contribution in [-0.4, -0.2) is 55.2 Å². The highest BCUT2D eigenvalue weighted by Crippen LogP contribution is 2.33. The summed E-state index contributed by atoms with van der Waals surface area (Å²) in [5.41, 5.74) is 13.5. The second-order valence-electron chi connectivity index (χ2n) is 10.2. The van der Waals surface area contributed by atoms with Gasteiger partial charge in [0.05, 0.1) is 13.2 Å². The number of halogens is 1. The molecule has 0 bridgehead atoms. The van der Waals surface area contributed by atoms with Crippen molar-refractivity contribution >= 4 is 6.03 Å². The molecule has 2 amide bonds. The van der Waals surface area contributed by atoms with Crippen molar-refractivity contribution in [2.75, 3.05) is 33.3 Å². The Morgan fingerprint density at radius 3 is 2.75 bits per heavy atom. The molecule has 8 heteroatoms. The van der Waals surface area contributed by atoms with Gasteiger partial charge in [-0.05, 0) is 73.2 Å². The zero-order valence-corrected chi connectivity index (χ0v) is 21.4. The summed E-state index contributed by atoms with van der Waals surface area (Å²) in [5, 5.41) is 3.30. The third-order valence-corrected chi connectivity index (χ3v) is 7.75. The molecule has 2 atom stereocenters. The van der Waals surface area contributed by atoms with Crippen LogP contribution in [-0.2, 0) is 6.54 Å². The molecule has 0 aliphatic carbocycles. The number of likely N-dealkylation sites (tertiary alicyclic amines) is 1. The van der Waals surface area contributed by atoms with E-state index in [0.29, 0.717) is 13.1 Å². The van der Waals surface area contributed by atoms with E-state index in [9.17, 15) is 9.18 Å². The maximum atomic E-state index is 14.3. The molecular weight excluding hydrogens is 457 g/mol. The standard InChI is InChI=1S/C28H36FN5O2/c1-18-6-4-7-19(2)22(18)16-33-12-5-8-21(15-33)30-28(35)34-13-11-25-23(17-34)27(32-31-25)20-9-10-26(36-3)24(29)14-20/h4,6-7,9-10,14,21,27,31-32H,5,8,11-13,15-17H2,1-3H3,(H,30,35)/t21-,27?/m1/s1. The maximum absolute atomic E-state index is 14.3. The SMILES string of the molecule is COc1ccc(C2NNC3=C2CN(C(=O)N[C@@H]2CCCN(Cc4c(C)cccc4C)C2)CC3)cc1F. The summed E-state index contributed by atoms with van der Waals surface area (Å²) in [6, 6.07) is 11.4. The molecule has 0 saturated carbocycles. The summed E-state index contributed by atoms with van der Waals surface area (Å²) in [5.74, 6) is -0.165. The molecule has 0 radical (unpaired) electrons. The molecule has 5 rings (SSSR count). The molecule has 3 aliphatic heterocycles. The number of aryl methyl sites for hydroxylation is 2. The number of amides is 2. The van der Waals surface area contributed by atoms with Crippen molar-refractivity contribution in [3.05, 3.63) is 75.7 Å². The fourth-order valence-electron chi connectivity index (χ4n) is 5.67. The van der Waals surface area contributed by atoms with Crippen molar-refractivity contribution < 1.29 is 13.9 Å². The van der Waals surface area contributed by atoms with Gasteiger partial charge >= 0.3 is 6.03 Å². The first-order chi connectivity index (χ1) is 17.4. The molecule has 1 fully saturated rings. The summed E-state index contributed by atoms with van der Waals surface area (Å²) in [6.45, 7) is 8.34. The van der Waals surface area contributed by atoms with Crippen LogP contribution < -0.4 is 20.9 Å². The minimum Gasteiger partial charge on any atom is -0.494 e. The molecule has 0 spiro atoms. The van der Waals surface area contributed by atoms with Gasteiger partial charge in [0, 0.05) is 44.3 Å². The predicted octanol–water partition coefficient (Wildman–Crippen LogP) is 3.93. The lowest BCUT2D eigenvalue weighted by Crippen LogP contribution is -2.52. The number of carbonyl (C=O) groups excluding carboxylic acids is 1. The third kappa shape index (κ3) is 5.06. The van der Waals surface area contributed by atoms with Crippen molar-refractivity contribution in [2.24, 2.45) is 0 Å². The number of methoxy groups -OCH3 is 1. The summed E-state index contributed by atoms with van der Waals surface area (Å²) in [4.78, 5) is 17.6. The Morgan fingerprint density at radius 1 is 1.19 bits per heavy atom. The minimum absolute atomic E-state index is 0.0213. The number of hydrazine groups is 1. The molecular formula is C28H36FN5O2. The first kappa shape index (κ1) is 24.6. The van der Waals surface area contributed by atoms with Crippen LogP contribution in [0.5, 0.6) is 5.75 Å². The Balaban J connectivity index is 1.21. The Labute approximate surface area is 212 Å². The average Bonchev–Trinajstić information content (AvgIpc) is 3.30. The molecule has 192 valence electrons. The molecule has 2 aromatic rings. The molecule has 1 unspecified atom stereocenters. The molecule has 3 N–H and O–H groups in total. The zero-order chi connectivity index (χ0) is 25.2. The van der Waals surface area contributed by atoms with Gasteiger partial charge in [0.15, 0.2) is 11.6 Å². The molecule has 3 aliphatic rings. The Kier molecular flexibility index (Phi) is 7.16. The molecule has 1 saturated heterocycles. The highest BCUT2D eigenvalue weighted by molar-refractivity contribution is 5.75. The van der Waals surface area contributed by atoms with Crippen molar-refractivity contribution in [3.63, 3.8) is 0 Å². The minimum atomic E-state index is -0.390. The number of hydrogen-bond acceptors (Lipinski definition) is 5. The van der Waals surface area contributed by atoms with Crippen LogP contribution in [0.4, 0.5) is 9.18 Å². The van der Waals surface area contributed by atoms with E-state index in [1.807, 2.05) is 11.0 Å². The highest BCUT2D eigenvalue weighted by Gasteiger charge is 2.34. The molecule has 2 aromatic carbocycles. The molecule has 7 nitrogen and oxygen atoms in total. The van der Waals surface area contributed by atoms with Crippen LogP contribution in [0.3, 0.4) is 0 Å². The Bertz CT molecular complexity index is 1150. The van der Waals surface area contributed by atoms with Gasteiger partial charge in [-0.1, -0.05) is 24.3 Å². The van der Waals surface area contributed by atoms with Gasteiger partial charge < -0.3 is 20.4 Å². The Morgan fingerprint density at radius 2 is 2.00 bits per heavy atom. The quantitative estimate of drug-likeness (QED) is 0.589. The molecule has 3 heterocycles. The number of nitrogens with zero attached hydrogens (tertiary/aromatic N) is 2. The van der Waals surface area contributed by atoms with E-state index in [2.05, 4.69) is 53.1 Å². The fourth-order valence-corrected chi connectivity index (χ4v) is 5.67. The third-order valence-electron chi connectivity index (χ3n) is 7.75. The van der Waals surface area contributed by atoms with Crippen molar-refractivity contribution in [1.29, 1.82) is 0 Å². The number of piperidine rings is 1. The van der Waals surface area contributed by atoms with Gasteiger partial charge in [-0.25, -0.2) is 14.6 Å². The van der Waals surface area contributed by atoms with E-state index in [1.165, 1.54) is 29.9 Å². The van der Waals surface area contributed by atoms with Gasteiger partial charge in [0.2, 0.25) is 0 Å². The summed E-state index contributed by atoms with van der Waals surface area (Å²) in [6.07, 6.45) is 2.81. The average molecular weight is 494 g/mol. The van der Waals surface area contributed by atoms with Crippen LogP contribution >= 0.6 is 0 Å². The topological polar surface area (TPSA) is 68.9 Å². The normalized spacial score (nSPS) is 22.3. The molecule has 36 heavy (non-hydrogen) atoms. The summed E-state index contributed by atoms with van der Waals surface area (Å²) >= 11 is 0. The van der Waals surface area contributed by atoms with Crippen LogP contribution in [0, 0.1) is 19.7 Å². The van der Waals surface area contributed by atoms with Crippen LogP contribution in [0.25, 0.3) is 0 Å². The number of nitrogens with one attached hydrogen (secondary N) is 3. The highest BCUT2D eigenvalue weighted by atomic mass is 19.1. The van der Waals surface area contributed by atoms with Crippen molar-refractivity contribution in [3.8, 4) is 5.75 Å². The summed E-state index contributed by atoms with van der Waals surface area (Å²) in [7, 11) is 1.46. The number of ether oxygens (including phenoxy) is 1. The van der Waals surface area contributed by atoms with Gasteiger partial charge in [-0.2, -0.15) is 0 Å². The lowest BCUT2D eigenvalue weighted by molar-refractivity contribution is 0.164. The number of hydrogen-bond donors (Lipinski definition) is 3. The second kappa shape index (κ2) is 10.5. The predicted molar refractivity (Wildman–Crippen MR) is 138 cm³/mol. The number of benzene rings is 2. The van der Waals surface area contributed by atoms with E-state index in [1.54, 1.807) is 6.07 Å². The largest absolute Gasteiger partial charge is 0.494 e. The Hall–Kier alpha value is -3.10. The lowest BCUT2D eigenvalue weighted by atomic mass is 9.95. The lowest BCUT2D eigenvalue weighted by Gasteiger charge is -2.36. The van der Waals surface area contributed by atoms with Gasteiger partial charge in [-0.3, -0.25) is 4.90 Å². The van der Waals surface area contributed by atoms with E-state index in [-0.39, 0.29) is 29.7 Å². The van der Waals surface area contributed by atoms with Crippen molar-refractivity contribution in [1.82, 2.24) is 26.0 Å². The van der Waals surface area contributed by atoms with E-state index < -0.39 is 0 Å². The smallest absolute Gasteiger partial charge is 0.317 e. The first-order valence-electron chi connectivity index (χ1n) is 12.8. The maximum Gasteiger partial charge on any atom is 0.317 e. The van der Waals surface area contributed by atoms with Crippen LogP contribution in [0.2, 0.25) is 0 Å². The van der Waals surface area contributed by atoms with Gasteiger partial charge in [-0.15, -0.1) is 0 Å². The first-order valence-corrected chi connectivity index (χ1v) is 12.8. The van der Waals surface area contributed by atoms with Gasteiger partial charge in [0.1, 0.15) is 0 Å². The number of urea groups is 1. The van der Waals surface area contributed by atoms with E-state index >= 15 is 0 Å². The fraction of sp³-hybridized carbons (Fsp3) is 0.464. The van der Waals surface area contributed by atoms with Crippen LogP contribution in [0.1, 0.15) is 47.6 Å².